The molecule has 0 saturated carbocycles. The first-order chi connectivity index (χ1) is 16.4. The average Bonchev–Trinajstić information content (AvgIpc) is 3.39. The van der Waals surface area contributed by atoms with Gasteiger partial charge in [-0.15, -0.1) is 0 Å². The van der Waals surface area contributed by atoms with E-state index in [1.165, 1.54) is 19.2 Å². The molecule has 10 nitrogen and oxygen atoms in total. The minimum atomic E-state index is -3.82. The normalized spacial score (nSPS) is 12.0. The molecule has 3 N–H and O–H groups in total. The molecule has 0 bridgehead atoms. The lowest BCUT2D eigenvalue weighted by Gasteiger charge is -2.22. The lowest BCUT2D eigenvalue weighted by molar-refractivity contribution is 0.142. The first-order valence-corrected chi connectivity index (χ1v) is 11.9. The first kappa shape index (κ1) is 24.3. The molecule has 4 rings (SSSR count). The fraction of sp³-hybridized carbons (Fsp3) is 0.250. The van der Waals surface area contributed by atoms with Crippen molar-refractivity contribution in [1.29, 1.82) is 0 Å². The van der Waals surface area contributed by atoms with E-state index >= 15 is 0 Å². The van der Waals surface area contributed by atoms with Gasteiger partial charge in [-0.1, -0.05) is 6.07 Å². The quantitative estimate of drug-likeness (QED) is 0.298. The van der Waals surface area contributed by atoms with Gasteiger partial charge in [0.25, 0.3) is 12.9 Å². The summed E-state index contributed by atoms with van der Waals surface area (Å²) in [4.78, 5) is 10.6. The molecule has 0 unspecified atom stereocenters. The number of hydrogen-bond donors (Lipinski definition) is 3. The first-order valence-electron chi connectivity index (χ1n) is 10.0. The van der Waals surface area contributed by atoms with Crippen molar-refractivity contribution in [3.8, 4) is 0 Å². The Labute approximate surface area is 197 Å². The number of imidazole rings is 1. The maximum absolute atomic E-state index is 13.3. The summed E-state index contributed by atoms with van der Waals surface area (Å²) in [6, 6.07) is 6.58. The molecular weight excluding hydrogens is 492 g/mol. The van der Waals surface area contributed by atoms with Crippen molar-refractivity contribution in [2.24, 2.45) is 7.05 Å². The monoisotopic (exact) mass is 512 g/mol. The van der Waals surface area contributed by atoms with Crippen LogP contribution in [0.25, 0.3) is 11.2 Å². The molecule has 186 valence electrons. The number of hydrogen-bond acceptors (Lipinski definition) is 7. The van der Waals surface area contributed by atoms with Gasteiger partial charge in [-0.05, 0) is 12.1 Å². The number of benzene rings is 1. The zero-order chi connectivity index (χ0) is 25.5. The van der Waals surface area contributed by atoms with Gasteiger partial charge in [-0.3, -0.25) is 8.99 Å². The summed E-state index contributed by atoms with van der Waals surface area (Å²) in [6.45, 7) is 0. The van der Waals surface area contributed by atoms with Gasteiger partial charge in [0.15, 0.2) is 17.3 Å². The number of aryl methyl sites for hydroxylation is 1. The summed E-state index contributed by atoms with van der Waals surface area (Å²) in [5.74, 6) is 0.00833. The van der Waals surface area contributed by atoms with Gasteiger partial charge >= 0.3 is 0 Å². The highest BCUT2D eigenvalue weighted by atomic mass is 32.2. The van der Waals surface area contributed by atoms with Crippen molar-refractivity contribution in [1.82, 2.24) is 24.7 Å². The number of alkyl halides is 4. The second-order valence-corrected chi connectivity index (χ2v) is 9.62. The number of pyridine rings is 1. The predicted octanol–water partition coefficient (Wildman–Crippen LogP) is 4.45. The van der Waals surface area contributed by atoms with Gasteiger partial charge in [0, 0.05) is 38.0 Å². The Hall–Kier alpha value is -3.88. The number of nitrogens with zero attached hydrogens (tertiary/aromatic N) is 5. The molecule has 3 heterocycles. The van der Waals surface area contributed by atoms with Crippen molar-refractivity contribution >= 4 is 49.9 Å². The third-order valence-electron chi connectivity index (χ3n) is 5.04. The van der Waals surface area contributed by atoms with Crippen molar-refractivity contribution in [2.45, 2.75) is 12.9 Å². The van der Waals surface area contributed by atoms with Crippen LogP contribution in [0.5, 0.6) is 0 Å². The van der Waals surface area contributed by atoms with Crippen molar-refractivity contribution in [3.63, 3.8) is 0 Å². The predicted molar refractivity (Wildman–Crippen MR) is 123 cm³/mol. The fourth-order valence-electron chi connectivity index (χ4n) is 3.26. The van der Waals surface area contributed by atoms with Crippen LogP contribution in [0.3, 0.4) is 0 Å². The molecule has 15 heteroatoms. The average molecular weight is 512 g/mol. The summed E-state index contributed by atoms with van der Waals surface area (Å²) in [5, 5.41) is 10.1. The Balaban J connectivity index is 1.84. The molecule has 0 aliphatic heterocycles. The minimum absolute atomic E-state index is 0.0500. The number of anilines is 5. The molecule has 0 fully saturated rings. The molecule has 0 radical (unpaired) electrons. The molecule has 0 amide bonds. The van der Waals surface area contributed by atoms with Gasteiger partial charge in [0.05, 0.1) is 23.3 Å². The number of fused-ring (bicyclic) bond motifs is 1. The Kier molecular flexibility index (Phi) is 6.27. The maximum Gasteiger partial charge on any atom is 0.295 e. The number of H-pyrrole nitrogens is 1. The molecule has 0 spiro atoms. The molecule has 35 heavy (non-hydrogen) atoms. The molecule has 3 aromatic heterocycles. The van der Waals surface area contributed by atoms with Gasteiger partial charge in [-0.25, -0.2) is 35.9 Å². The molecular formula is C20H20F4N8O2S. The van der Waals surface area contributed by atoms with E-state index in [9.17, 15) is 26.0 Å². The van der Waals surface area contributed by atoms with Crippen LogP contribution in [0.15, 0.2) is 36.5 Å². The van der Waals surface area contributed by atoms with Crippen molar-refractivity contribution in [2.75, 3.05) is 28.2 Å². The van der Waals surface area contributed by atoms with Gasteiger partial charge in [-0.2, -0.15) is 5.10 Å². The molecule has 1 aromatic carbocycles. The minimum Gasteiger partial charge on any atom is -0.352 e. The van der Waals surface area contributed by atoms with E-state index in [0.717, 1.165) is 22.7 Å². The van der Waals surface area contributed by atoms with Crippen LogP contribution in [0, 0.1) is 0 Å². The van der Waals surface area contributed by atoms with E-state index < -0.39 is 28.7 Å². The molecule has 4 aromatic rings. The Morgan fingerprint density at radius 2 is 1.74 bits per heavy atom. The summed E-state index contributed by atoms with van der Waals surface area (Å²) in [7, 11) is -0.892. The van der Waals surface area contributed by atoms with Crippen LogP contribution in [-0.4, -0.2) is 46.5 Å². The molecule has 0 aliphatic rings. The highest BCUT2D eigenvalue weighted by Crippen LogP contribution is 2.36. The van der Waals surface area contributed by atoms with Crippen LogP contribution < -0.4 is 14.9 Å². The van der Waals surface area contributed by atoms with Crippen LogP contribution in [0.4, 0.5) is 46.3 Å². The fourth-order valence-corrected chi connectivity index (χ4v) is 3.77. The topological polar surface area (TPSA) is 121 Å². The highest BCUT2D eigenvalue weighted by molar-refractivity contribution is 7.92. The lowest BCUT2D eigenvalue weighted by atomic mass is 10.1. The Morgan fingerprint density at radius 3 is 2.34 bits per heavy atom. The van der Waals surface area contributed by atoms with E-state index in [2.05, 4.69) is 30.7 Å². The van der Waals surface area contributed by atoms with Crippen LogP contribution in [0.1, 0.15) is 24.2 Å². The van der Waals surface area contributed by atoms with E-state index in [1.54, 1.807) is 24.0 Å². The number of aromatic amines is 1. The van der Waals surface area contributed by atoms with E-state index in [-0.39, 0.29) is 39.6 Å². The lowest BCUT2D eigenvalue weighted by Crippen LogP contribution is -2.25. The summed E-state index contributed by atoms with van der Waals surface area (Å²) in [6.07, 6.45) is -3.13. The zero-order valence-electron chi connectivity index (χ0n) is 18.6. The van der Waals surface area contributed by atoms with E-state index in [4.69, 9.17) is 0 Å². The summed E-state index contributed by atoms with van der Waals surface area (Å²) < 4.78 is 80.0. The van der Waals surface area contributed by atoms with Gasteiger partial charge in [0.2, 0.25) is 10.0 Å². The molecule has 0 atom stereocenters. The third-order valence-corrected chi connectivity index (χ3v) is 6.23. The number of nitrogens with one attached hydrogen (secondary N) is 3. The number of sulfonamides is 1. The SMILES string of the molecule is CN(c1cc(C(F)F)ccc1Nc1cc(Nc2ccn(C)n2)nc2nc(C(F)F)[nH]c12)S(C)(=O)=O. The smallest absolute Gasteiger partial charge is 0.295 e. The van der Waals surface area contributed by atoms with Crippen molar-refractivity contribution in [3.05, 3.63) is 47.9 Å². The summed E-state index contributed by atoms with van der Waals surface area (Å²) in [5.41, 5.74) is -0.0700. The second-order valence-electron chi connectivity index (χ2n) is 7.61. The number of aromatic nitrogens is 5. The van der Waals surface area contributed by atoms with Crippen molar-refractivity contribution < 1.29 is 26.0 Å². The maximum atomic E-state index is 13.3. The molecule has 0 saturated heterocycles. The van der Waals surface area contributed by atoms with Crippen LogP contribution >= 0.6 is 0 Å². The Bertz CT molecular complexity index is 1490. The van der Waals surface area contributed by atoms with E-state index in [0.29, 0.717) is 5.82 Å². The number of halogens is 4. The summed E-state index contributed by atoms with van der Waals surface area (Å²) >= 11 is 0. The third kappa shape index (κ3) is 5.13. The second kappa shape index (κ2) is 9.05. The Morgan fingerprint density at radius 1 is 1.00 bits per heavy atom. The number of rotatable bonds is 8. The molecule has 0 aliphatic carbocycles. The van der Waals surface area contributed by atoms with E-state index in [1.807, 2.05) is 0 Å². The highest BCUT2D eigenvalue weighted by Gasteiger charge is 2.22. The van der Waals surface area contributed by atoms with Crippen LogP contribution in [0.2, 0.25) is 0 Å². The standard InChI is InChI=1S/C20H20F4N8O2S/c1-31-7-6-14(30-31)26-15-9-12(16-19(27-15)29-20(28-16)18(23)24)25-11-5-4-10(17(21)22)8-13(11)32(2)35(3,33)34/h4-9,17-18H,1-3H3,(H3,25,26,27,28,29,30). The van der Waals surface area contributed by atoms with Gasteiger partial charge in [0.1, 0.15) is 11.3 Å². The van der Waals surface area contributed by atoms with Gasteiger partial charge < -0.3 is 15.6 Å². The zero-order valence-corrected chi connectivity index (χ0v) is 19.4. The largest absolute Gasteiger partial charge is 0.352 e. The van der Waals surface area contributed by atoms with Crippen LogP contribution in [-0.2, 0) is 17.1 Å².